The lowest BCUT2D eigenvalue weighted by Gasteiger charge is -2.35. The van der Waals surface area contributed by atoms with Crippen molar-refractivity contribution in [2.75, 3.05) is 13.7 Å². The minimum atomic E-state index is -4.89. The van der Waals surface area contributed by atoms with E-state index in [4.69, 9.17) is 9.26 Å². The number of ether oxygens (including phenoxy) is 1. The number of nitrogens with zero attached hydrogens (tertiary/aromatic N) is 4. The number of hydrogen-bond acceptors (Lipinski definition) is 6. The first kappa shape index (κ1) is 21.9. The van der Waals surface area contributed by atoms with Gasteiger partial charge in [0.25, 0.3) is 5.91 Å². The number of imidazole rings is 1. The summed E-state index contributed by atoms with van der Waals surface area (Å²) in [6.07, 6.45) is -3.64. The highest BCUT2D eigenvalue weighted by Gasteiger charge is 2.55. The molecule has 8 nitrogen and oxygen atoms in total. The van der Waals surface area contributed by atoms with Crippen molar-refractivity contribution >= 4 is 5.91 Å². The Morgan fingerprint density at radius 1 is 1.28 bits per heavy atom. The number of aromatic nitrogens is 3. The number of rotatable bonds is 4. The smallest absolute Gasteiger partial charge is 0.424 e. The molecule has 170 valence electrons. The largest absolute Gasteiger partial charge is 0.497 e. The van der Waals surface area contributed by atoms with E-state index in [2.05, 4.69) is 10.1 Å². The van der Waals surface area contributed by atoms with Gasteiger partial charge in [-0.25, -0.2) is 4.98 Å². The second kappa shape index (κ2) is 7.66. The van der Waals surface area contributed by atoms with Crippen LogP contribution in [0.3, 0.4) is 0 Å². The van der Waals surface area contributed by atoms with Crippen LogP contribution in [-0.2, 0) is 12.1 Å². The third kappa shape index (κ3) is 3.62. The molecule has 32 heavy (non-hydrogen) atoms. The van der Waals surface area contributed by atoms with Crippen LogP contribution in [0.1, 0.15) is 41.9 Å². The standard InChI is InChI=1S/C21H21F3N4O4/c1-12-10-27(11-14-9-25-19(28(12)14)20(2,30)21(22,23)24)18(29)16-8-17(32-26-16)13-4-6-15(31-3)7-5-13/h4-9,12,30H,10-11H2,1-3H3/t12-,20+/m0/s1. The fourth-order valence-electron chi connectivity index (χ4n) is 3.74. The molecule has 1 N–H and O–H groups in total. The number of hydrogen-bond donors (Lipinski definition) is 1. The Labute approximate surface area is 181 Å². The molecule has 0 bridgehead atoms. The van der Waals surface area contributed by atoms with E-state index in [1.807, 2.05) is 0 Å². The first-order valence-electron chi connectivity index (χ1n) is 9.79. The first-order chi connectivity index (χ1) is 15.0. The van der Waals surface area contributed by atoms with Crippen molar-refractivity contribution in [3.63, 3.8) is 0 Å². The summed E-state index contributed by atoms with van der Waals surface area (Å²) in [6, 6.07) is 8.01. The predicted molar refractivity (Wildman–Crippen MR) is 106 cm³/mol. The normalized spacial score (nSPS) is 18.2. The number of carbonyl (C=O) groups is 1. The lowest BCUT2D eigenvalue weighted by atomic mass is 10.0. The maximum Gasteiger partial charge on any atom is 0.424 e. The van der Waals surface area contributed by atoms with Crippen LogP contribution in [0.2, 0.25) is 0 Å². The summed E-state index contributed by atoms with van der Waals surface area (Å²) in [5, 5.41) is 13.9. The molecule has 0 saturated heterocycles. The second-order valence-electron chi connectivity index (χ2n) is 7.85. The van der Waals surface area contributed by atoms with Crippen LogP contribution in [0.25, 0.3) is 11.3 Å². The minimum absolute atomic E-state index is 0.0227. The molecular weight excluding hydrogens is 429 g/mol. The maximum absolute atomic E-state index is 13.3. The zero-order chi connectivity index (χ0) is 23.3. The van der Waals surface area contributed by atoms with Crippen LogP contribution in [0.5, 0.6) is 5.75 Å². The fourth-order valence-corrected chi connectivity index (χ4v) is 3.74. The average molecular weight is 450 g/mol. The molecular formula is C21H21F3N4O4. The van der Waals surface area contributed by atoms with Gasteiger partial charge in [-0.1, -0.05) is 5.16 Å². The van der Waals surface area contributed by atoms with Crippen LogP contribution in [-0.4, -0.2) is 50.5 Å². The highest BCUT2D eigenvalue weighted by molar-refractivity contribution is 5.93. The molecule has 3 aromatic rings. The summed E-state index contributed by atoms with van der Waals surface area (Å²) in [6.45, 7) is 2.47. The second-order valence-corrected chi connectivity index (χ2v) is 7.85. The van der Waals surface area contributed by atoms with E-state index in [-0.39, 0.29) is 18.8 Å². The molecule has 11 heteroatoms. The van der Waals surface area contributed by atoms with E-state index in [1.165, 1.54) is 21.7 Å². The van der Waals surface area contributed by atoms with Gasteiger partial charge in [-0.2, -0.15) is 13.2 Å². The summed E-state index contributed by atoms with van der Waals surface area (Å²) < 4.78 is 51.7. The van der Waals surface area contributed by atoms with Crippen molar-refractivity contribution in [2.24, 2.45) is 0 Å². The van der Waals surface area contributed by atoms with Crippen LogP contribution in [0.15, 0.2) is 41.1 Å². The lowest BCUT2D eigenvalue weighted by Crippen LogP contribution is -2.45. The number of amides is 1. The highest BCUT2D eigenvalue weighted by atomic mass is 19.4. The van der Waals surface area contributed by atoms with Gasteiger partial charge in [-0.3, -0.25) is 4.79 Å². The highest BCUT2D eigenvalue weighted by Crippen LogP contribution is 2.40. The van der Waals surface area contributed by atoms with E-state index in [9.17, 15) is 23.1 Å². The summed E-state index contributed by atoms with van der Waals surface area (Å²) in [5.41, 5.74) is -1.93. The molecule has 2 atom stereocenters. The Morgan fingerprint density at radius 3 is 2.59 bits per heavy atom. The van der Waals surface area contributed by atoms with E-state index < -0.39 is 29.6 Å². The topological polar surface area (TPSA) is 93.6 Å². The SMILES string of the molecule is COc1ccc(-c2cc(C(=O)N3Cc4cnc([C@@](C)(O)C(F)(F)F)n4[C@@H](C)C3)no2)cc1. The third-order valence-electron chi connectivity index (χ3n) is 5.53. The van der Waals surface area contributed by atoms with Crippen molar-refractivity contribution < 1.29 is 32.3 Å². The molecule has 1 aliphatic rings. The number of halogens is 3. The van der Waals surface area contributed by atoms with Crippen LogP contribution in [0.4, 0.5) is 13.2 Å². The average Bonchev–Trinajstić information content (AvgIpc) is 3.40. The Morgan fingerprint density at radius 2 is 1.97 bits per heavy atom. The molecule has 0 unspecified atom stereocenters. The minimum Gasteiger partial charge on any atom is -0.497 e. The summed E-state index contributed by atoms with van der Waals surface area (Å²) in [7, 11) is 1.55. The molecule has 2 aromatic heterocycles. The number of fused-ring (bicyclic) bond motifs is 1. The van der Waals surface area contributed by atoms with Gasteiger partial charge in [-0.15, -0.1) is 0 Å². The number of alkyl halides is 3. The quantitative estimate of drug-likeness (QED) is 0.654. The lowest BCUT2D eigenvalue weighted by molar-refractivity contribution is -0.263. The zero-order valence-electron chi connectivity index (χ0n) is 17.6. The van der Waals surface area contributed by atoms with Crippen LogP contribution >= 0.6 is 0 Å². The van der Waals surface area contributed by atoms with E-state index in [1.54, 1.807) is 38.3 Å². The van der Waals surface area contributed by atoms with Crippen molar-refractivity contribution in [3.05, 3.63) is 53.7 Å². The summed E-state index contributed by atoms with van der Waals surface area (Å²) in [4.78, 5) is 18.3. The van der Waals surface area contributed by atoms with Gasteiger partial charge in [0.2, 0.25) is 5.60 Å². The monoisotopic (exact) mass is 450 g/mol. The van der Waals surface area contributed by atoms with Gasteiger partial charge >= 0.3 is 6.18 Å². The van der Waals surface area contributed by atoms with Crippen LogP contribution < -0.4 is 4.74 Å². The summed E-state index contributed by atoms with van der Waals surface area (Å²) in [5.74, 6) is 0.154. The Hall–Kier alpha value is -3.34. The molecule has 3 heterocycles. The molecule has 1 amide bonds. The van der Waals surface area contributed by atoms with Gasteiger partial charge in [0, 0.05) is 18.2 Å². The van der Waals surface area contributed by atoms with Crippen molar-refractivity contribution in [1.82, 2.24) is 19.6 Å². The first-order valence-corrected chi connectivity index (χ1v) is 9.79. The van der Waals surface area contributed by atoms with Crippen molar-refractivity contribution in [2.45, 2.75) is 38.2 Å². The molecule has 1 aromatic carbocycles. The van der Waals surface area contributed by atoms with Gasteiger partial charge in [-0.05, 0) is 38.1 Å². The van der Waals surface area contributed by atoms with Gasteiger partial charge in [0.05, 0.1) is 31.6 Å². The molecule has 1 aliphatic heterocycles. The van der Waals surface area contributed by atoms with E-state index in [0.29, 0.717) is 29.7 Å². The number of benzene rings is 1. The van der Waals surface area contributed by atoms with Crippen molar-refractivity contribution in [1.29, 1.82) is 0 Å². The Kier molecular flexibility index (Phi) is 5.24. The Balaban J connectivity index is 1.56. The van der Waals surface area contributed by atoms with E-state index in [0.717, 1.165) is 0 Å². The molecule has 0 radical (unpaired) electrons. The molecule has 0 saturated carbocycles. The maximum atomic E-state index is 13.3. The fraction of sp³-hybridized carbons (Fsp3) is 0.381. The van der Waals surface area contributed by atoms with Crippen molar-refractivity contribution in [3.8, 4) is 17.1 Å². The molecule has 0 fully saturated rings. The molecule has 0 spiro atoms. The third-order valence-corrected chi connectivity index (χ3v) is 5.53. The number of methoxy groups -OCH3 is 1. The molecule has 0 aliphatic carbocycles. The van der Waals surface area contributed by atoms with Gasteiger partial charge in [0.15, 0.2) is 17.3 Å². The van der Waals surface area contributed by atoms with E-state index >= 15 is 0 Å². The van der Waals surface area contributed by atoms with Crippen LogP contribution in [0, 0.1) is 0 Å². The number of aliphatic hydroxyl groups is 1. The van der Waals surface area contributed by atoms with Gasteiger partial charge < -0.3 is 23.8 Å². The zero-order valence-corrected chi connectivity index (χ0v) is 17.6. The molecule has 4 rings (SSSR count). The summed E-state index contributed by atoms with van der Waals surface area (Å²) >= 11 is 0. The van der Waals surface area contributed by atoms with Gasteiger partial charge in [0.1, 0.15) is 5.75 Å². The number of carbonyl (C=O) groups excluding carboxylic acids is 1. The Bertz CT molecular complexity index is 1130. The predicted octanol–water partition coefficient (Wildman–Crippen LogP) is 3.53.